The van der Waals surface area contributed by atoms with E-state index in [9.17, 15) is 4.79 Å². The minimum Gasteiger partial charge on any atom is -1.00 e. The van der Waals surface area contributed by atoms with Gasteiger partial charge in [0.15, 0.2) is 12.0 Å². The third kappa shape index (κ3) is 17.4. The smallest absolute Gasteiger partial charge is 1.00 e. The molecule has 2 heterocycles. The average molecular weight is 491 g/mol. The van der Waals surface area contributed by atoms with Crippen LogP contribution in [0.15, 0.2) is 106 Å². The molecule has 0 saturated carbocycles. The zero-order chi connectivity index (χ0) is 22.6. The number of nitrogens with two attached hydrogens (primary N) is 1. The second kappa shape index (κ2) is 25.6. The van der Waals surface area contributed by atoms with Crippen molar-refractivity contribution in [2.45, 2.75) is 19.6 Å². The number of hydrogen-bond donors (Lipinski definition) is 3. The van der Waals surface area contributed by atoms with Crippen LogP contribution >= 0.6 is 13.5 Å². The van der Waals surface area contributed by atoms with Gasteiger partial charge in [-0.2, -0.15) is 13.5 Å². The third-order valence-electron chi connectivity index (χ3n) is 3.79. The van der Waals surface area contributed by atoms with Crippen molar-refractivity contribution < 1.29 is 49.7 Å². The molecule has 4 rings (SSSR count). The predicted molar refractivity (Wildman–Crippen MR) is 140 cm³/mol. The van der Waals surface area contributed by atoms with Crippen LogP contribution in [0.5, 0.6) is 0 Å². The summed E-state index contributed by atoms with van der Waals surface area (Å²) in [6.45, 7) is 2.30. The molecular formula is C25H33BN2NaO4S. The van der Waals surface area contributed by atoms with E-state index < -0.39 is 0 Å². The van der Waals surface area contributed by atoms with Gasteiger partial charge in [-0.1, -0.05) is 60.7 Å². The molecular weight excluding hydrogens is 458 g/mol. The van der Waals surface area contributed by atoms with Crippen LogP contribution < -0.4 is 40.6 Å². The quantitative estimate of drug-likeness (QED) is 0.278. The number of nitrogens with one attached hydrogen (secondary N) is 1. The molecule has 4 aromatic rings. The zero-order valence-electron chi connectivity index (χ0n) is 20.8. The second-order valence-corrected chi connectivity index (χ2v) is 5.99. The molecule has 0 bridgehead atoms. The predicted octanol–water partition coefficient (Wildman–Crippen LogP) is 1.26. The van der Waals surface area contributed by atoms with Crippen molar-refractivity contribution in [3.63, 3.8) is 0 Å². The Hall–Kier alpha value is -2.04. The Morgan fingerprint density at radius 2 is 1.35 bits per heavy atom. The number of benzene rings is 2. The number of aliphatic hydroxyl groups is 1. The summed E-state index contributed by atoms with van der Waals surface area (Å²) in [5, 5.41) is 10.3. The summed E-state index contributed by atoms with van der Waals surface area (Å²) in [6.07, 6.45) is 3.82. The first-order valence-electron chi connectivity index (χ1n) is 9.76. The molecule has 34 heavy (non-hydrogen) atoms. The minimum atomic E-state index is 0. The van der Waals surface area contributed by atoms with Gasteiger partial charge in [-0.25, -0.2) is 0 Å². The van der Waals surface area contributed by atoms with Gasteiger partial charge < -0.3 is 26.4 Å². The molecule has 2 aromatic carbocycles. The topological polar surface area (TPSA) is 102 Å². The maximum absolute atomic E-state index is 9.77. The summed E-state index contributed by atoms with van der Waals surface area (Å²) in [6, 6.07) is 27.5. The van der Waals surface area contributed by atoms with Crippen molar-refractivity contribution in [1.82, 2.24) is 5.32 Å². The van der Waals surface area contributed by atoms with E-state index in [2.05, 4.69) is 21.9 Å². The monoisotopic (exact) mass is 491 g/mol. The first-order valence-corrected chi connectivity index (χ1v) is 9.76. The molecule has 9 heteroatoms. The van der Waals surface area contributed by atoms with Crippen molar-refractivity contribution in [2.75, 3.05) is 7.11 Å². The summed E-state index contributed by atoms with van der Waals surface area (Å²) >= 11 is 0. The van der Waals surface area contributed by atoms with Crippen molar-refractivity contribution in [2.24, 2.45) is 5.73 Å². The van der Waals surface area contributed by atoms with Crippen LogP contribution in [-0.2, 0) is 19.6 Å². The standard InChI is InChI=1S/C12H13NO.C7H9N.C5H4O2.CH4O.B.Na.H2S.H/c1-2-5-11(6-3-1)9-13-10-12-7-4-8-14-12;8-6-7-4-2-1-3-5-7;6-4-5-2-1-3-7-5;1-2;;;;/h1-8,13H,9-10H2;1-5H,6,8H2;1-4H;2H,1H3;;;1H2;/q;;;;;+1;;-1. The van der Waals surface area contributed by atoms with E-state index in [0.717, 1.165) is 26.0 Å². The van der Waals surface area contributed by atoms with Crippen molar-refractivity contribution >= 4 is 28.2 Å². The summed E-state index contributed by atoms with van der Waals surface area (Å²) in [5.41, 5.74) is 7.83. The summed E-state index contributed by atoms with van der Waals surface area (Å²) in [4.78, 5) is 9.77. The molecule has 0 aliphatic carbocycles. The van der Waals surface area contributed by atoms with Crippen LogP contribution in [0.4, 0.5) is 0 Å². The number of carbonyl (C=O) groups is 1. The van der Waals surface area contributed by atoms with E-state index in [0.29, 0.717) is 18.6 Å². The van der Waals surface area contributed by atoms with E-state index in [-0.39, 0.29) is 52.9 Å². The molecule has 0 unspecified atom stereocenters. The molecule has 2 aromatic heterocycles. The average Bonchev–Trinajstić information content (AvgIpc) is 3.57. The number of carbonyl (C=O) groups excluding carboxylic acids is 1. The SMILES string of the molecule is CO.NCc1ccccc1.O=Cc1ccco1.S.[B].[H-].[Na+].c1ccc(CNCc2ccco2)cc1. The molecule has 177 valence electrons. The van der Waals surface area contributed by atoms with E-state index in [4.69, 9.17) is 15.3 Å². The van der Waals surface area contributed by atoms with Gasteiger partial charge in [0.2, 0.25) is 0 Å². The molecule has 3 radical (unpaired) electrons. The molecule has 0 spiro atoms. The van der Waals surface area contributed by atoms with Crippen molar-refractivity contribution in [3.8, 4) is 0 Å². The van der Waals surface area contributed by atoms with Gasteiger partial charge in [-0.15, -0.1) is 0 Å². The first kappa shape index (κ1) is 36.5. The van der Waals surface area contributed by atoms with Gasteiger partial charge in [0.25, 0.3) is 0 Å². The minimum absolute atomic E-state index is 0. The first-order chi connectivity index (χ1) is 15.3. The van der Waals surface area contributed by atoms with Gasteiger partial charge in [0.05, 0.1) is 19.1 Å². The van der Waals surface area contributed by atoms with E-state index >= 15 is 0 Å². The van der Waals surface area contributed by atoms with Crippen LogP contribution in [-0.4, -0.2) is 26.9 Å². The Morgan fingerprint density at radius 1 is 0.824 bits per heavy atom. The maximum Gasteiger partial charge on any atom is 1.00 e. The molecule has 0 atom stereocenters. The maximum atomic E-state index is 9.77. The van der Waals surface area contributed by atoms with E-state index in [1.807, 2.05) is 60.7 Å². The Bertz CT molecular complexity index is 904. The molecule has 6 nitrogen and oxygen atoms in total. The third-order valence-corrected chi connectivity index (χ3v) is 3.79. The van der Waals surface area contributed by atoms with E-state index in [1.54, 1.807) is 18.4 Å². The number of aldehydes is 1. The van der Waals surface area contributed by atoms with Gasteiger partial charge in [-0.05, 0) is 35.4 Å². The number of aliphatic hydroxyl groups excluding tert-OH is 1. The molecule has 0 fully saturated rings. The van der Waals surface area contributed by atoms with Crippen LogP contribution in [0.2, 0.25) is 0 Å². The zero-order valence-corrected chi connectivity index (χ0v) is 22.8. The molecule has 0 amide bonds. The van der Waals surface area contributed by atoms with Crippen LogP contribution in [0.3, 0.4) is 0 Å². The van der Waals surface area contributed by atoms with Crippen molar-refractivity contribution in [1.29, 1.82) is 0 Å². The van der Waals surface area contributed by atoms with Crippen LogP contribution in [0, 0.1) is 0 Å². The fourth-order valence-electron chi connectivity index (χ4n) is 2.31. The fraction of sp³-hybridized carbons (Fsp3) is 0.160. The summed E-state index contributed by atoms with van der Waals surface area (Å²) in [7, 11) is 1.00. The second-order valence-electron chi connectivity index (χ2n) is 5.99. The van der Waals surface area contributed by atoms with Crippen molar-refractivity contribution in [3.05, 3.63) is 120 Å². The summed E-state index contributed by atoms with van der Waals surface area (Å²) < 4.78 is 9.82. The number of hydrogen-bond acceptors (Lipinski definition) is 6. The number of furan rings is 2. The van der Waals surface area contributed by atoms with Gasteiger partial charge in [-0.3, -0.25) is 4.79 Å². The molecule has 0 saturated heterocycles. The fourth-order valence-corrected chi connectivity index (χ4v) is 2.31. The largest absolute Gasteiger partial charge is 1.00 e. The summed E-state index contributed by atoms with van der Waals surface area (Å²) in [5.74, 6) is 1.35. The molecule has 0 aliphatic rings. The number of rotatable bonds is 6. The van der Waals surface area contributed by atoms with Gasteiger partial charge in [0, 0.05) is 28.6 Å². The Kier molecular flexibility index (Phi) is 27.5. The van der Waals surface area contributed by atoms with Crippen LogP contribution in [0.25, 0.3) is 0 Å². The van der Waals surface area contributed by atoms with Gasteiger partial charge >= 0.3 is 29.6 Å². The van der Waals surface area contributed by atoms with Gasteiger partial charge in [0.1, 0.15) is 5.76 Å². The molecule has 4 N–H and O–H groups in total. The van der Waals surface area contributed by atoms with E-state index in [1.165, 1.54) is 17.4 Å². The molecule has 0 aliphatic heterocycles. The normalized spacial score (nSPS) is 8.32. The Morgan fingerprint density at radius 3 is 1.74 bits per heavy atom. The Labute approximate surface area is 234 Å². The van der Waals surface area contributed by atoms with Crippen LogP contribution in [0.1, 0.15) is 28.9 Å². The Balaban J connectivity index is -0.000000200.